The van der Waals surface area contributed by atoms with E-state index in [1.807, 2.05) is 0 Å². The van der Waals surface area contributed by atoms with Crippen molar-refractivity contribution in [2.75, 3.05) is 19.8 Å². The van der Waals surface area contributed by atoms with E-state index in [1.54, 1.807) is 47.6 Å². The number of esters is 1. The molecule has 1 N–H and O–H groups in total. The number of rotatable bonds is 16. The zero-order valence-electron chi connectivity index (χ0n) is 26.8. The molecule has 0 saturated carbocycles. The van der Waals surface area contributed by atoms with Crippen LogP contribution in [0.4, 0.5) is 13.2 Å². The van der Waals surface area contributed by atoms with Gasteiger partial charge in [0.25, 0.3) is 0 Å². The molecule has 0 heterocycles. The van der Waals surface area contributed by atoms with Gasteiger partial charge in [0.1, 0.15) is 12.4 Å². The van der Waals surface area contributed by atoms with Gasteiger partial charge in [0.15, 0.2) is 0 Å². The first-order valence-corrected chi connectivity index (χ1v) is 16.3. The molecule has 0 aliphatic rings. The molecule has 242 valence electrons. The van der Waals surface area contributed by atoms with Gasteiger partial charge < -0.3 is 19.3 Å². The summed E-state index contributed by atoms with van der Waals surface area (Å²) in [5.41, 5.74) is -1.86. The van der Waals surface area contributed by atoms with Gasteiger partial charge in [-0.25, -0.2) is 0 Å². The molecule has 0 aliphatic carbocycles. The van der Waals surface area contributed by atoms with Crippen LogP contribution in [0.5, 0.6) is 5.75 Å². The predicted molar refractivity (Wildman–Crippen MR) is 160 cm³/mol. The van der Waals surface area contributed by atoms with Gasteiger partial charge in [0, 0.05) is 24.2 Å². The van der Waals surface area contributed by atoms with Gasteiger partial charge in [0.2, 0.25) is 13.3 Å². The molecule has 1 aromatic carbocycles. The van der Waals surface area contributed by atoms with Crippen LogP contribution in [0.15, 0.2) is 18.2 Å². The van der Waals surface area contributed by atoms with Crippen molar-refractivity contribution < 1.29 is 41.3 Å². The second-order valence-corrected chi connectivity index (χ2v) is 17.0. The Morgan fingerprint density at radius 2 is 1.50 bits per heavy atom. The number of unbranched alkanes of at least 4 members (excludes halogenated alkanes) is 4. The molecule has 0 radical (unpaired) electrons. The summed E-state index contributed by atoms with van der Waals surface area (Å²) < 4.78 is 73.1. The Labute approximate surface area is 250 Å². The van der Waals surface area contributed by atoms with Gasteiger partial charge in [-0.1, -0.05) is 80.2 Å². The summed E-state index contributed by atoms with van der Waals surface area (Å²) in [7, 11) is -3.38. The van der Waals surface area contributed by atoms with Crippen molar-refractivity contribution in [3.05, 3.63) is 29.3 Å². The first-order chi connectivity index (χ1) is 19.2. The fourth-order valence-corrected chi connectivity index (χ4v) is 8.11. The van der Waals surface area contributed by atoms with E-state index in [0.717, 1.165) is 31.7 Å². The number of nitrogens with one attached hydrogen (secondary N) is 1. The first-order valence-electron chi connectivity index (χ1n) is 14.7. The molecule has 1 unspecified atom stereocenters. The van der Waals surface area contributed by atoms with Gasteiger partial charge in [-0.3, -0.25) is 14.2 Å². The molecule has 1 rings (SSSR count). The Hall–Kier alpha value is -2.06. The van der Waals surface area contributed by atoms with Crippen LogP contribution < -0.4 is 10.1 Å². The number of carbonyl (C=O) groups is 2. The first kappa shape index (κ1) is 38.0. The average Bonchev–Trinajstić information content (AvgIpc) is 2.84. The normalized spacial score (nSPS) is 14.3. The molecular formula is C31H51F3NO6P. The molecule has 7 nitrogen and oxygen atoms in total. The minimum absolute atomic E-state index is 0.0586. The highest BCUT2D eigenvalue weighted by Crippen LogP contribution is 2.67. The van der Waals surface area contributed by atoms with Crippen molar-refractivity contribution in [3.8, 4) is 5.75 Å². The number of hydrogen-bond acceptors (Lipinski definition) is 6. The van der Waals surface area contributed by atoms with Crippen molar-refractivity contribution in [1.82, 2.24) is 5.32 Å². The van der Waals surface area contributed by atoms with Gasteiger partial charge >= 0.3 is 12.1 Å². The van der Waals surface area contributed by atoms with Gasteiger partial charge in [-0.15, -0.1) is 0 Å². The Morgan fingerprint density at radius 3 is 2.00 bits per heavy atom. The molecule has 1 atom stereocenters. The Morgan fingerprint density at radius 1 is 0.905 bits per heavy atom. The maximum Gasteiger partial charge on any atom is 0.419 e. The maximum atomic E-state index is 14.2. The van der Waals surface area contributed by atoms with E-state index in [0.29, 0.717) is 12.0 Å². The molecule has 0 fully saturated rings. The fourth-order valence-electron chi connectivity index (χ4n) is 4.89. The zero-order valence-corrected chi connectivity index (χ0v) is 27.7. The molecule has 42 heavy (non-hydrogen) atoms. The molecule has 11 heteroatoms. The van der Waals surface area contributed by atoms with Gasteiger partial charge in [-0.2, -0.15) is 13.2 Å². The van der Waals surface area contributed by atoms with Crippen molar-refractivity contribution in [1.29, 1.82) is 0 Å². The van der Waals surface area contributed by atoms with Crippen LogP contribution in [-0.4, -0.2) is 47.5 Å². The summed E-state index contributed by atoms with van der Waals surface area (Å²) in [4.78, 5) is 24.1. The smallest absolute Gasteiger partial charge is 0.419 e. The zero-order chi connectivity index (χ0) is 32.4. The number of halogens is 3. The topological polar surface area (TPSA) is 90.9 Å². The van der Waals surface area contributed by atoms with Crippen LogP contribution in [-0.2, 0) is 36.0 Å². The van der Waals surface area contributed by atoms with E-state index < -0.39 is 46.8 Å². The lowest BCUT2D eigenvalue weighted by Crippen LogP contribution is -2.55. The second kappa shape index (κ2) is 15.6. The third-order valence-corrected chi connectivity index (χ3v) is 11.1. The number of amides is 1. The van der Waals surface area contributed by atoms with Gasteiger partial charge in [-0.05, 0) is 37.0 Å². The summed E-state index contributed by atoms with van der Waals surface area (Å²) in [6, 6.07) is 3.93. The largest absolute Gasteiger partial charge is 0.493 e. The van der Waals surface area contributed by atoms with Crippen LogP contribution in [0.1, 0.15) is 112 Å². The van der Waals surface area contributed by atoms with Crippen LogP contribution >= 0.6 is 7.37 Å². The van der Waals surface area contributed by atoms with E-state index in [-0.39, 0.29) is 38.4 Å². The van der Waals surface area contributed by atoms with Crippen molar-refractivity contribution in [3.63, 3.8) is 0 Å². The highest BCUT2D eigenvalue weighted by Gasteiger charge is 2.49. The molecule has 0 spiro atoms. The Balaban J connectivity index is 3.33. The minimum Gasteiger partial charge on any atom is -0.493 e. The van der Waals surface area contributed by atoms with Crippen molar-refractivity contribution in [2.45, 2.75) is 129 Å². The van der Waals surface area contributed by atoms with Crippen LogP contribution in [0.3, 0.4) is 0 Å². The molecule has 0 bridgehead atoms. The molecule has 0 aromatic heterocycles. The third kappa shape index (κ3) is 11.6. The van der Waals surface area contributed by atoms with E-state index in [9.17, 15) is 27.3 Å². The number of ether oxygens (including phenoxy) is 2. The van der Waals surface area contributed by atoms with E-state index in [4.69, 9.17) is 14.0 Å². The van der Waals surface area contributed by atoms with Crippen LogP contribution in [0.2, 0.25) is 0 Å². The summed E-state index contributed by atoms with van der Waals surface area (Å²) in [5.74, 6) is -1.28. The number of hydrogen-bond donors (Lipinski definition) is 1. The average molecular weight is 622 g/mol. The maximum absolute atomic E-state index is 14.2. The Kier molecular flexibility index (Phi) is 14.1. The third-order valence-electron chi connectivity index (χ3n) is 7.03. The van der Waals surface area contributed by atoms with Crippen LogP contribution in [0, 0.1) is 0 Å². The molecule has 0 aliphatic heterocycles. The molecular weight excluding hydrogens is 570 g/mol. The highest BCUT2D eigenvalue weighted by molar-refractivity contribution is 7.62. The summed E-state index contributed by atoms with van der Waals surface area (Å²) >= 11 is 0. The fraction of sp³-hybridized carbons (Fsp3) is 0.742. The van der Waals surface area contributed by atoms with E-state index >= 15 is 0 Å². The summed E-state index contributed by atoms with van der Waals surface area (Å²) in [6.45, 7) is 15.0. The lowest BCUT2D eigenvalue weighted by molar-refractivity contribution is -0.145. The quantitative estimate of drug-likeness (QED) is 0.113. The van der Waals surface area contributed by atoms with Crippen molar-refractivity contribution >= 4 is 19.2 Å². The lowest BCUT2D eigenvalue weighted by atomic mass is 9.91. The second-order valence-electron chi connectivity index (χ2n) is 13.0. The Bertz CT molecular complexity index is 1060. The standard InChI is InChI=1S/C31H51F3NO6P/c1-10-11-12-13-14-19-39-27-16-15-25(20-26(27)31(32,33)34)17-18-30(35-23(2)36,21-40-24(3)37)22-41-42(38,28(4,5)6)29(7,8)9/h15-16,20H,10-14,17-19,21-22H2,1-9H3,(H,35,36). The number of alkyl halides is 3. The minimum atomic E-state index is -4.63. The molecule has 1 aromatic rings. The number of carbonyl (C=O) groups excluding carboxylic acids is 2. The van der Waals surface area contributed by atoms with Crippen molar-refractivity contribution in [2.24, 2.45) is 0 Å². The van der Waals surface area contributed by atoms with Gasteiger partial charge in [0.05, 0.1) is 24.3 Å². The predicted octanol–water partition coefficient (Wildman–Crippen LogP) is 8.32. The molecule has 0 saturated heterocycles. The SMILES string of the molecule is CCCCCCCOc1ccc(CCC(COC(C)=O)(COP(=O)(C(C)(C)C)C(C)(C)C)NC(C)=O)cc1C(F)(F)F. The molecule has 1 amide bonds. The van der Waals surface area contributed by atoms with E-state index in [1.165, 1.54) is 19.9 Å². The van der Waals surface area contributed by atoms with Crippen LogP contribution in [0.25, 0.3) is 0 Å². The monoisotopic (exact) mass is 621 g/mol. The summed E-state index contributed by atoms with van der Waals surface area (Å²) in [5, 5.41) is 1.29. The van der Waals surface area contributed by atoms with E-state index in [2.05, 4.69) is 12.2 Å². The summed E-state index contributed by atoms with van der Waals surface area (Å²) in [6.07, 6.45) is 0.234. The highest BCUT2D eigenvalue weighted by atomic mass is 31.2. The number of aryl methyl sites for hydroxylation is 1. The number of benzene rings is 1. The lowest BCUT2D eigenvalue weighted by Gasteiger charge is -2.43.